The van der Waals surface area contributed by atoms with Gasteiger partial charge in [-0.15, -0.1) is 10.2 Å². The van der Waals surface area contributed by atoms with Crippen molar-refractivity contribution < 1.29 is 13.2 Å². The molecule has 0 fully saturated rings. The lowest BCUT2D eigenvalue weighted by Gasteiger charge is -2.11. The lowest BCUT2D eigenvalue weighted by Crippen LogP contribution is -2.26. The highest BCUT2D eigenvalue weighted by atomic mass is 32.2. The molecule has 0 unspecified atom stereocenters. The number of benzene rings is 2. The average molecular weight is 372 g/mol. The summed E-state index contributed by atoms with van der Waals surface area (Å²) in [5.74, 6) is 1.29. The number of sulfonamides is 1. The molecule has 0 amide bonds. The molecule has 0 saturated heterocycles. The average Bonchev–Trinajstić information content (AvgIpc) is 2.68. The molecule has 0 aliphatic rings. The highest BCUT2D eigenvalue weighted by molar-refractivity contribution is 7.89. The first-order valence-electron chi connectivity index (χ1n) is 8.09. The van der Waals surface area contributed by atoms with Gasteiger partial charge in [-0.25, -0.2) is 13.1 Å². The third-order valence-corrected chi connectivity index (χ3v) is 5.39. The van der Waals surface area contributed by atoms with Crippen molar-refractivity contribution in [3.8, 4) is 17.0 Å². The minimum atomic E-state index is -3.27. The van der Waals surface area contributed by atoms with E-state index in [0.717, 1.165) is 27.8 Å². The predicted molar refractivity (Wildman–Crippen MR) is 103 cm³/mol. The summed E-state index contributed by atoms with van der Waals surface area (Å²) in [5.41, 5.74) is 1.69. The second-order valence-corrected chi connectivity index (χ2v) is 7.67. The third kappa shape index (κ3) is 3.92. The SMILES string of the molecule is CNS(=O)(=O)CCNc1nnc(-c2ccc(OC)cc2)c2ccccc12. The minimum Gasteiger partial charge on any atom is -0.497 e. The third-order valence-electron chi connectivity index (χ3n) is 4.03. The molecule has 1 aromatic heterocycles. The van der Waals surface area contributed by atoms with E-state index in [2.05, 4.69) is 20.2 Å². The van der Waals surface area contributed by atoms with Crippen LogP contribution in [0.25, 0.3) is 22.0 Å². The second kappa shape index (κ2) is 7.67. The largest absolute Gasteiger partial charge is 0.497 e. The van der Waals surface area contributed by atoms with Gasteiger partial charge in [0.2, 0.25) is 10.0 Å². The lowest BCUT2D eigenvalue weighted by atomic mass is 10.0. The summed E-state index contributed by atoms with van der Waals surface area (Å²) in [6.07, 6.45) is 0. The second-order valence-electron chi connectivity index (χ2n) is 5.62. The number of fused-ring (bicyclic) bond motifs is 1. The highest BCUT2D eigenvalue weighted by Crippen LogP contribution is 2.30. The van der Waals surface area contributed by atoms with Crippen LogP contribution in [0.1, 0.15) is 0 Å². The van der Waals surface area contributed by atoms with E-state index in [0.29, 0.717) is 5.82 Å². The Labute approximate surface area is 152 Å². The molecule has 26 heavy (non-hydrogen) atoms. The van der Waals surface area contributed by atoms with Crippen LogP contribution in [0.3, 0.4) is 0 Å². The zero-order valence-electron chi connectivity index (χ0n) is 14.6. The van der Waals surface area contributed by atoms with E-state index in [1.165, 1.54) is 7.05 Å². The fourth-order valence-electron chi connectivity index (χ4n) is 2.60. The number of aromatic nitrogens is 2. The first kappa shape index (κ1) is 18.1. The van der Waals surface area contributed by atoms with Crippen molar-refractivity contribution in [2.75, 3.05) is 31.8 Å². The van der Waals surface area contributed by atoms with Gasteiger partial charge in [0.25, 0.3) is 0 Å². The van der Waals surface area contributed by atoms with Crippen molar-refractivity contribution in [1.29, 1.82) is 0 Å². The van der Waals surface area contributed by atoms with Crippen molar-refractivity contribution in [3.05, 3.63) is 48.5 Å². The zero-order chi connectivity index (χ0) is 18.6. The van der Waals surface area contributed by atoms with E-state index in [4.69, 9.17) is 4.74 Å². The Balaban J connectivity index is 1.93. The van der Waals surface area contributed by atoms with Gasteiger partial charge in [0.1, 0.15) is 11.4 Å². The Morgan fingerprint density at radius 3 is 2.35 bits per heavy atom. The smallest absolute Gasteiger partial charge is 0.213 e. The van der Waals surface area contributed by atoms with Crippen LogP contribution in [0.5, 0.6) is 5.75 Å². The molecule has 0 saturated carbocycles. The van der Waals surface area contributed by atoms with Gasteiger partial charge in [0.05, 0.1) is 12.9 Å². The molecule has 0 atom stereocenters. The fourth-order valence-corrected chi connectivity index (χ4v) is 3.18. The Morgan fingerprint density at radius 2 is 1.69 bits per heavy atom. The molecule has 0 bridgehead atoms. The van der Waals surface area contributed by atoms with Crippen molar-refractivity contribution in [2.24, 2.45) is 0 Å². The highest BCUT2D eigenvalue weighted by Gasteiger charge is 2.12. The summed E-state index contributed by atoms with van der Waals surface area (Å²) in [7, 11) is -0.252. The van der Waals surface area contributed by atoms with E-state index in [9.17, 15) is 8.42 Å². The number of ether oxygens (including phenoxy) is 1. The molecule has 0 spiro atoms. The van der Waals surface area contributed by atoms with Crippen molar-refractivity contribution in [2.45, 2.75) is 0 Å². The number of rotatable bonds is 7. The molecule has 8 heteroatoms. The maximum Gasteiger partial charge on any atom is 0.213 e. The maximum atomic E-state index is 11.5. The molecule has 0 radical (unpaired) electrons. The van der Waals surface area contributed by atoms with Gasteiger partial charge in [-0.2, -0.15) is 0 Å². The number of hydrogen-bond donors (Lipinski definition) is 2. The number of nitrogens with one attached hydrogen (secondary N) is 2. The number of anilines is 1. The normalized spacial score (nSPS) is 11.5. The predicted octanol–water partition coefficient (Wildman–Crippen LogP) is 2.27. The molecule has 0 aliphatic carbocycles. The van der Waals surface area contributed by atoms with Crippen LogP contribution in [-0.2, 0) is 10.0 Å². The summed E-state index contributed by atoms with van der Waals surface area (Å²) in [6.45, 7) is 0.240. The fraction of sp³-hybridized carbons (Fsp3) is 0.222. The van der Waals surface area contributed by atoms with E-state index >= 15 is 0 Å². The Hall–Kier alpha value is -2.71. The van der Waals surface area contributed by atoms with Crippen LogP contribution in [0.2, 0.25) is 0 Å². The van der Waals surface area contributed by atoms with Gasteiger partial charge in [0, 0.05) is 22.9 Å². The molecule has 3 rings (SSSR count). The van der Waals surface area contributed by atoms with Crippen molar-refractivity contribution in [3.63, 3.8) is 0 Å². The first-order valence-corrected chi connectivity index (χ1v) is 9.74. The molecule has 1 heterocycles. The standard InChI is InChI=1S/C18H20N4O3S/c1-19-26(23,24)12-11-20-18-16-6-4-3-5-15(16)17(21-22-18)13-7-9-14(25-2)10-8-13/h3-10,19H,11-12H2,1-2H3,(H,20,22). The lowest BCUT2D eigenvalue weighted by molar-refractivity contribution is 0.415. The monoisotopic (exact) mass is 372 g/mol. The van der Waals surface area contributed by atoms with Gasteiger partial charge in [-0.3, -0.25) is 0 Å². The van der Waals surface area contributed by atoms with E-state index in [1.54, 1.807) is 7.11 Å². The van der Waals surface area contributed by atoms with Gasteiger partial charge >= 0.3 is 0 Å². The summed E-state index contributed by atoms with van der Waals surface area (Å²) >= 11 is 0. The van der Waals surface area contributed by atoms with Crippen LogP contribution >= 0.6 is 0 Å². The van der Waals surface area contributed by atoms with Crippen LogP contribution in [0.4, 0.5) is 5.82 Å². The number of methoxy groups -OCH3 is 1. The Bertz CT molecular complexity index is 1000. The van der Waals surface area contributed by atoms with Crippen molar-refractivity contribution in [1.82, 2.24) is 14.9 Å². The van der Waals surface area contributed by atoms with E-state index in [1.807, 2.05) is 48.5 Å². The maximum absolute atomic E-state index is 11.5. The van der Waals surface area contributed by atoms with Crippen molar-refractivity contribution >= 4 is 26.6 Å². The quantitative estimate of drug-likeness (QED) is 0.661. The van der Waals surface area contributed by atoms with Crippen LogP contribution in [-0.4, -0.2) is 45.1 Å². The van der Waals surface area contributed by atoms with Crippen LogP contribution in [0, 0.1) is 0 Å². The molecular formula is C18H20N4O3S. The van der Waals surface area contributed by atoms with Gasteiger partial charge in [-0.05, 0) is 31.3 Å². The Kier molecular flexibility index (Phi) is 5.34. The summed E-state index contributed by atoms with van der Waals surface area (Å²) < 4.78 is 30.6. The summed E-state index contributed by atoms with van der Waals surface area (Å²) in [5, 5.41) is 13.5. The molecule has 2 N–H and O–H groups in total. The summed E-state index contributed by atoms with van der Waals surface area (Å²) in [4.78, 5) is 0. The van der Waals surface area contributed by atoms with Gasteiger partial charge < -0.3 is 10.1 Å². The topological polar surface area (TPSA) is 93.2 Å². The zero-order valence-corrected chi connectivity index (χ0v) is 15.4. The number of hydrogen-bond acceptors (Lipinski definition) is 6. The van der Waals surface area contributed by atoms with E-state index < -0.39 is 10.0 Å². The molecule has 7 nitrogen and oxygen atoms in total. The Morgan fingerprint density at radius 1 is 1.00 bits per heavy atom. The minimum absolute atomic E-state index is 0.0419. The summed E-state index contributed by atoms with van der Waals surface area (Å²) in [6, 6.07) is 15.4. The van der Waals surface area contributed by atoms with E-state index in [-0.39, 0.29) is 12.3 Å². The number of nitrogens with zero attached hydrogens (tertiary/aromatic N) is 2. The molecule has 136 valence electrons. The molecule has 3 aromatic rings. The van der Waals surface area contributed by atoms with Crippen LogP contribution in [0.15, 0.2) is 48.5 Å². The van der Waals surface area contributed by atoms with Crippen LogP contribution < -0.4 is 14.8 Å². The van der Waals surface area contributed by atoms with Gasteiger partial charge in [0.15, 0.2) is 5.82 Å². The van der Waals surface area contributed by atoms with Gasteiger partial charge in [-0.1, -0.05) is 24.3 Å². The molecule has 0 aliphatic heterocycles. The first-order chi connectivity index (χ1) is 12.5. The molecule has 2 aromatic carbocycles. The molecular weight excluding hydrogens is 352 g/mol.